The molecule has 1 aliphatic rings. The summed E-state index contributed by atoms with van der Waals surface area (Å²) in [5.74, 6) is -18.8. The van der Waals surface area contributed by atoms with Crippen molar-refractivity contribution in [2.45, 2.75) is 212 Å². The number of aromatic nitrogens is 4. The Hall–Kier alpha value is -10.6. The van der Waals surface area contributed by atoms with Crippen LogP contribution in [-0.4, -0.2) is 231 Å². The fraction of sp³-hybridized carbons (Fsp3) is 0.534. The van der Waals surface area contributed by atoms with E-state index < -0.39 is 216 Å². The third kappa shape index (κ3) is 28.3. The van der Waals surface area contributed by atoms with Crippen LogP contribution in [0.1, 0.15) is 125 Å². The summed E-state index contributed by atoms with van der Waals surface area (Å²) >= 11 is 0. The van der Waals surface area contributed by atoms with Crippen molar-refractivity contribution in [2.75, 3.05) is 18.1 Å². The van der Waals surface area contributed by atoms with E-state index >= 15 is 9.59 Å². The number of amides is 12. The Labute approximate surface area is 648 Å². The van der Waals surface area contributed by atoms with Crippen LogP contribution in [0, 0.1) is 17.8 Å². The van der Waals surface area contributed by atoms with Crippen LogP contribution in [0.15, 0.2) is 73.4 Å². The molecular weight excluding hydrogens is 1480 g/mol. The van der Waals surface area contributed by atoms with Crippen molar-refractivity contribution in [1.82, 2.24) is 89.1 Å². The molecule has 36 nitrogen and oxygen atoms in total. The third-order valence-electron chi connectivity index (χ3n) is 17.6. The third-order valence-corrected chi connectivity index (χ3v) is 20.1. The molecule has 1 unspecified atom stereocenters. The lowest BCUT2D eigenvalue weighted by molar-refractivity contribution is -0.145. The summed E-state index contributed by atoms with van der Waals surface area (Å²) in [6.07, 6.45) is 1.25. The molecule has 2 aromatic carbocycles. The molecule has 38 heteroatoms. The van der Waals surface area contributed by atoms with E-state index in [1.54, 1.807) is 123 Å². The number of imidazole rings is 1. The molecule has 0 aliphatic carbocycles. The maximum Gasteiger partial charge on any atom is 0.328 e. The monoisotopic (exact) mass is 1590 g/mol. The molecule has 5 aromatic rings. The Kier molecular flexibility index (Phi) is 33.8. The number of para-hydroxylation sites is 2. The van der Waals surface area contributed by atoms with E-state index in [2.05, 4.69) is 89.1 Å². The number of aliphatic hydroxyl groups excluding tert-OH is 1. The van der Waals surface area contributed by atoms with E-state index in [1.807, 2.05) is 0 Å². The van der Waals surface area contributed by atoms with Gasteiger partial charge in [-0.15, -0.1) is 0 Å². The average Bonchev–Trinajstić information content (AvgIpc) is 1.69. The van der Waals surface area contributed by atoms with Crippen LogP contribution in [-0.2, 0) is 91.2 Å². The quantitative estimate of drug-likeness (QED) is 0.0369. The van der Waals surface area contributed by atoms with Crippen LogP contribution in [0.2, 0.25) is 0 Å². The minimum Gasteiger partial charge on any atom is -0.481 e. The number of hydrogen-bond donors (Lipinski definition) is 20. The molecule has 111 heavy (non-hydrogen) atoms. The van der Waals surface area contributed by atoms with Crippen LogP contribution in [0.4, 0.5) is 0 Å². The molecule has 6 rings (SSSR count). The molecule has 12 amide bonds. The zero-order valence-corrected chi connectivity index (χ0v) is 65.3. The van der Waals surface area contributed by atoms with Crippen LogP contribution in [0.3, 0.4) is 0 Å². The Morgan fingerprint density at radius 2 is 1.07 bits per heavy atom. The van der Waals surface area contributed by atoms with Gasteiger partial charge in [-0.25, -0.2) is 9.78 Å². The predicted molar refractivity (Wildman–Crippen MR) is 410 cm³/mol. The number of hydrogen-bond acceptors (Lipinski definition) is 20. The van der Waals surface area contributed by atoms with Crippen LogP contribution in [0.25, 0.3) is 21.8 Å². The molecule has 0 bridgehead atoms. The van der Waals surface area contributed by atoms with Gasteiger partial charge in [0.15, 0.2) is 6.04 Å². The van der Waals surface area contributed by atoms with Crippen molar-refractivity contribution in [1.29, 1.82) is 0 Å². The number of aromatic amines is 3. The smallest absolute Gasteiger partial charge is 0.328 e. The molecule has 1 fully saturated rings. The second kappa shape index (κ2) is 42.0. The highest BCUT2D eigenvalue weighted by Crippen LogP contribution is 2.26. The Morgan fingerprint density at radius 3 is 1.59 bits per heavy atom. The molecule has 0 spiro atoms. The van der Waals surface area contributed by atoms with E-state index in [4.69, 9.17) is 0 Å². The summed E-state index contributed by atoms with van der Waals surface area (Å²) in [4.78, 5) is 225. The first-order valence-corrected chi connectivity index (χ1v) is 38.8. The number of carboxylic acid groups (broad SMARTS) is 3. The SMILES string of the molecule is CC(C)C[C@@H]1NC(=O)C(Cc2c[nH]cn2)NC(=O)[C@H](Cc2c[nH]c3ccccc23)NC(=O)[C@H](C)NC(=O)[C@@H](NC(=O)[C@H](CC(=O)O)NC(C)(C)C)CSSC[C@@H](C(=O)N[C@H](C(=O)O)[C@@H](C)O)NC(=O)[C@H](Cc2c[nH]c3ccccc23)NC(=O)[C@H](C(C)C)NC(=O)[C@H](CC(C)C)NC(=O)[C@H](CCC(=O)O)NC(=O)CNC1=O. The molecule has 0 radical (unpaired) electrons. The normalized spacial score (nSPS) is 23.0. The predicted octanol–water partition coefficient (Wildman–Crippen LogP) is -0.426. The van der Waals surface area contributed by atoms with Gasteiger partial charge in [0.2, 0.25) is 70.9 Å². The largest absolute Gasteiger partial charge is 0.481 e. The van der Waals surface area contributed by atoms with Crippen molar-refractivity contribution < 1.29 is 92.3 Å². The Balaban J connectivity index is 1.46. The fourth-order valence-electron chi connectivity index (χ4n) is 12.0. The van der Waals surface area contributed by atoms with Gasteiger partial charge in [0.05, 0.1) is 37.1 Å². The number of carboxylic acids is 3. The van der Waals surface area contributed by atoms with Crippen molar-refractivity contribution in [3.63, 3.8) is 0 Å². The Morgan fingerprint density at radius 1 is 0.568 bits per heavy atom. The molecule has 3 aromatic heterocycles. The minimum absolute atomic E-state index is 0.0472. The lowest BCUT2D eigenvalue weighted by Crippen LogP contribution is -2.61. The van der Waals surface area contributed by atoms with Gasteiger partial charge in [-0.05, 0) is 94.9 Å². The van der Waals surface area contributed by atoms with E-state index in [9.17, 15) is 82.8 Å². The van der Waals surface area contributed by atoms with Gasteiger partial charge >= 0.3 is 17.9 Å². The first kappa shape index (κ1) is 89.3. The van der Waals surface area contributed by atoms with E-state index in [0.29, 0.717) is 32.9 Å². The number of carbonyl (C=O) groups excluding carboxylic acids is 12. The molecule has 1 aliphatic heterocycles. The number of H-pyrrole nitrogens is 3. The summed E-state index contributed by atoms with van der Waals surface area (Å²) < 4.78 is 0. The number of rotatable bonds is 23. The number of aliphatic carboxylic acids is 3. The maximum atomic E-state index is 15.1. The number of nitrogens with one attached hydrogen (secondary N) is 16. The van der Waals surface area contributed by atoms with Crippen molar-refractivity contribution in [3.05, 3.63) is 90.3 Å². The Bertz CT molecular complexity index is 4120. The standard InChI is InChI=1S/C73H103N17O19S2/c1-35(2)22-48-62(98)77-31-56(92)80-47(20-21-57(93)94)63(99)83-49(23-36(3)4)67(103)88-59(37(5)6)71(107)85-51(25-41-29-76-46-19-15-13-17-44(41)46)65(101)86-55(70(106)89-60(39(8)91)72(108)109)33-111-110-32-54(87-68(104)53(27-58(95)96)90-73(9,10)11)69(105)79-38(7)61(97)81-50(24-40-28-75-45-18-14-12-16-43(40)45)64(100)84-52(66(102)82-48)26-42-30-74-34-78-42/h12-19,28-30,34-39,47-55,59-60,75-76,90-91H,20-27,31-33H2,1-11H3,(H,74,78)(H,77,98)(H,79,105)(H,80,92)(H,81,97)(H,82,102)(H,83,99)(H,84,100)(H,85,107)(H,86,101)(H,87,104)(H,88,103)(H,89,106)(H,93,94)(H,95,96)(H,108,109)/t38-,39+,47-,48-,49-,50-,51-,52?,53-,54-,55-,59-,60-/m0/s1. The number of carbonyl (C=O) groups is 15. The van der Waals surface area contributed by atoms with Crippen LogP contribution in [0.5, 0.6) is 0 Å². The van der Waals surface area contributed by atoms with E-state index in [-0.39, 0.29) is 49.6 Å². The fourth-order valence-corrected chi connectivity index (χ4v) is 14.3. The first-order valence-electron chi connectivity index (χ1n) is 36.3. The summed E-state index contributed by atoms with van der Waals surface area (Å²) in [5, 5.41) is 75.4. The average molecular weight is 1590 g/mol. The highest BCUT2D eigenvalue weighted by molar-refractivity contribution is 8.76. The summed E-state index contributed by atoms with van der Waals surface area (Å²) in [5.41, 5.74) is 1.62. The van der Waals surface area contributed by atoms with Crippen LogP contribution >= 0.6 is 21.6 Å². The minimum atomic E-state index is -1.95. The summed E-state index contributed by atoms with van der Waals surface area (Å²) in [7, 11) is 1.60. The highest BCUT2D eigenvalue weighted by atomic mass is 33.1. The molecule has 0 saturated carbocycles. The van der Waals surface area contributed by atoms with Crippen molar-refractivity contribution in [3.8, 4) is 0 Å². The van der Waals surface area contributed by atoms with Gasteiger partial charge in [0, 0.05) is 83.1 Å². The first-order chi connectivity index (χ1) is 52.3. The molecule has 20 N–H and O–H groups in total. The zero-order valence-electron chi connectivity index (χ0n) is 63.6. The molecule has 606 valence electrons. The lowest BCUT2D eigenvalue weighted by Gasteiger charge is -2.29. The van der Waals surface area contributed by atoms with Gasteiger partial charge < -0.3 is 104 Å². The van der Waals surface area contributed by atoms with Gasteiger partial charge in [0.25, 0.3) is 0 Å². The maximum absolute atomic E-state index is 15.1. The second-order valence-electron chi connectivity index (χ2n) is 29.5. The topological polar surface area (TPSA) is 554 Å². The van der Waals surface area contributed by atoms with Gasteiger partial charge in [0.1, 0.15) is 60.4 Å². The van der Waals surface area contributed by atoms with Gasteiger partial charge in [-0.3, -0.25) is 67.1 Å². The van der Waals surface area contributed by atoms with E-state index in [1.165, 1.54) is 19.4 Å². The number of benzene rings is 2. The zero-order chi connectivity index (χ0) is 82.1. The van der Waals surface area contributed by atoms with Crippen LogP contribution < -0.4 is 69.1 Å². The number of nitrogens with zero attached hydrogens (tertiary/aromatic N) is 1. The highest BCUT2D eigenvalue weighted by Gasteiger charge is 2.39. The number of aliphatic hydroxyl groups is 1. The number of fused-ring (bicyclic) bond motifs is 2. The molecule has 4 heterocycles. The summed E-state index contributed by atoms with van der Waals surface area (Å²) in [6.45, 7) is 16.5. The lowest BCUT2D eigenvalue weighted by atomic mass is 9.98. The van der Waals surface area contributed by atoms with Gasteiger partial charge in [-0.1, -0.05) is 99.5 Å². The van der Waals surface area contributed by atoms with E-state index in [0.717, 1.165) is 28.5 Å². The molecule has 1 saturated heterocycles. The second-order valence-corrected chi connectivity index (χ2v) is 32.0. The summed E-state index contributed by atoms with van der Waals surface area (Å²) in [6, 6.07) is -5.27. The molecule has 13 atom stereocenters. The van der Waals surface area contributed by atoms with Crippen molar-refractivity contribution in [2.24, 2.45) is 17.8 Å². The van der Waals surface area contributed by atoms with Crippen molar-refractivity contribution >= 4 is 132 Å². The van der Waals surface area contributed by atoms with Gasteiger partial charge in [-0.2, -0.15) is 0 Å². The molecular formula is C73H103N17O19S2.